The fraction of sp³-hybridized carbons (Fsp3) is 0.286. The number of aryl methyl sites for hydroxylation is 2. The summed E-state index contributed by atoms with van der Waals surface area (Å²) in [4.78, 5) is 36.4. The van der Waals surface area contributed by atoms with E-state index >= 15 is 0 Å². The SMILES string of the molecule is Cc1ccc(OCC(=O)NNC(=O)c2ccc3c(c2)S(=O)(=O)N(C(C)C)C3=O)cc1C. The van der Waals surface area contributed by atoms with E-state index in [0.717, 1.165) is 21.5 Å². The molecule has 9 nitrogen and oxygen atoms in total. The molecule has 0 fully saturated rings. The second-order valence-electron chi connectivity index (χ2n) is 7.45. The molecule has 0 saturated heterocycles. The summed E-state index contributed by atoms with van der Waals surface area (Å²) >= 11 is 0. The molecular formula is C21H23N3O6S. The summed E-state index contributed by atoms with van der Waals surface area (Å²) in [5, 5.41) is 0. The zero-order chi connectivity index (χ0) is 22.9. The van der Waals surface area contributed by atoms with Crippen molar-refractivity contribution in [1.29, 1.82) is 0 Å². The lowest BCUT2D eigenvalue weighted by Gasteiger charge is -2.18. The number of hydrogen-bond acceptors (Lipinski definition) is 6. The average Bonchev–Trinajstić information content (AvgIpc) is 2.92. The number of rotatable bonds is 5. The number of benzene rings is 2. The zero-order valence-electron chi connectivity index (χ0n) is 17.6. The van der Waals surface area contributed by atoms with Crippen molar-refractivity contribution in [3.05, 3.63) is 58.7 Å². The summed E-state index contributed by atoms with van der Waals surface area (Å²) in [7, 11) is -4.03. The van der Waals surface area contributed by atoms with Gasteiger partial charge in [-0.3, -0.25) is 25.2 Å². The first kappa shape index (κ1) is 22.3. The van der Waals surface area contributed by atoms with Gasteiger partial charge in [-0.05, 0) is 69.2 Å². The average molecular weight is 445 g/mol. The molecule has 0 bridgehead atoms. The van der Waals surface area contributed by atoms with Gasteiger partial charge < -0.3 is 4.74 Å². The Morgan fingerprint density at radius 3 is 2.39 bits per heavy atom. The van der Waals surface area contributed by atoms with E-state index in [9.17, 15) is 22.8 Å². The number of carbonyl (C=O) groups is 3. The van der Waals surface area contributed by atoms with Crippen LogP contribution < -0.4 is 15.6 Å². The number of carbonyl (C=O) groups excluding carboxylic acids is 3. The second-order valence-corrected chi connectivity index (χ2v) is 9.23. The minimum atomic E-state index is -4.03. The Hall–Kier alpha value is -3.40. The number of hydrazine groups is 1. The maximum Gasteiger partial charge on any atom is 0.276 e. The van der Waals surface area contributed by atoms with Gasteiger partial charge in [0, 0.05) is 11.6 Å². The molecule has 0 unspecified atom stereocenters. The predicted molar refractivity (Wildman–Crippen MR) is 112 cm³/mol. The Labute approximate surface area is 180 Å². The van der Waals surface area contributed by atoms with E-state index in [0.29, 0.717) is 5.75 Å². The second kappa shape index (κ2) is 8.38. The summed E-state index contributed by atoms with van der Waals surface area (Å²) in [5.41, 5.74) is 6.53. The third-order valence-corrected chi connectivity index (χ3v) is 6.84. The molecule has 164 valence electrons. The topological polar surface area (TPSA) is 122 Å². The van der Waals surface area contributed by atoms with Gasteiger partial charge in [-0.15, -0.1) is 0 Å². The van der Waals surface area contributed by atoms with Crippen LogP contribution in [0.1, 0.15) is 45.7 Å². The van der Waals surface area contributed by atoms with Gasteiger partial charge >= 0.3 is 0 Å². The Kier molecular flexibility index (Phi) is 6.03. The summed E-state index contributed by atoms with van der Waals surface area (Å²) < 4.78 is 31.4. The molecule has 1 aliphatic rings. The molecule has 3 amide bonds. The van der Waals surface area contributed by atoms with Gasteiger partial charge in [-0.2, -0.15) is 0 Å². The molecule has 0 aromatic heterocycles. The van der Waals surface area contributed by atoms with Gasteiger partial charge in [-0.1, -0.05) is 6.07 Å². The molecule has 3 rings (SSSR count). The highest BCUT2D eigenvalue weighted by molar-refractivity contribution is 7.90. The molecule has 1 heterocycles. The first-order valence-electron chi connectivity index (χ1n) is 9.54. The molecule has 0 saturated carbocycles. The van der Waals surface area contributed by atoms with E-state index < -0.39 is 33.8 Å². The molecule has 0 radical (unpaired) electrons. The highest BCUT2D eigenvalue weighted by atomic mass is 32.2. The number of nitrogens with zero attached hydrogens (tertiary/aromatic N) is 1. The van der Waals surface area contributed by atoms with Gasteiger partial charge in [0.2, 0.25) is 0 Å². The van der Waals surface area contributed by atoms with E-state index in [1.165, 1.54) is 12.1 Å². The van der Waals surface area contributed by atoms with Crippen molar-refractivity contribution in [2.75, 3.05) is 6.61 Å². The number of hydrogen-bond donors (Lipinski definition) is 2. The molecule has 0 spiro atoms. The van der Waals surface area contributed by atoms with Crippen molar-refractivity contribution >= 4 is 27.7 Å². The summed E-state index contributed by atoms with van der Waals surface area (Å²) in [6, 6.07) is 8.59. The van der Waals surface area contributed by atoms with Gasteiger partial charge in [0.05, 0.1) is 5.56 Å². The number of ether oxygens (including phenoxy) is 1. The van der Waals surface area contributed by atoms with Crippen LogP contribution in [0.4, 0.5) is 0 Å². The van der Waals surface area contributed by atoms with Crippen LogP contribution in [0.15, 0.2) is 41.3 Å². The molecule has 2 aromatic carbocycles. The number of sulfonamides is 1. The third kappa shape index (κ3) is 4.38. The fourth-order valence-corrected chi connectivity index (χ4v) is 4.88. The lowest BCUT2D eigenvalue weighted by molar-refractivity contribution is -0.123. The molecule has 2 aromatic rings. The number of fused-ring (bicyclic) bond motifs is 1. The van der Waals surface area contributed by atoms with Gasteiger partial charge in [-0.25, -0.2) is 12.7 Å². The summed E-state index contributed by atoms with van der Waals surface area (Å²) in [6.07, 6.45) is 0. The Morgan fingerprint density at radius 2 is 1.74 bits per heavy atom. The van der Waals surface area contributed by atoms with Crippen molar-refractivity contribution in [2.24, 2.45) is 0 Å². The fourth-order valence-electron chi connectivity index (χ4n) is 3.09. The van der Waals surface area contributed by atoms with Gasteiger partial charge in [0.25, 0.3) is 27.7 Å². The largest absolute Gasteiger partial charge is 0.484 e. The van der Waals surface area contributed by atoms with Crippen LogP contribution in [0.3, 0.4) is 0 Å². The molecular weight excluding hydrogens is 422 g/mol. The zero-order valence-corrected chi connectivity index (χ0v) is 18.4. The van der Waals surface area contributed by atoms with E-state index in [4.69, 9.17) is 4.74 Å². The van der Waals surface area contributed by atoms with Crippen molar-refractivity contribution in [3.8, 4) is 5.75 Å². The van der Waals surface area contributed by atoms with Gasteiger partial charge in [0.15, 0.2) is 6.61 Å². The van der Waals surface area contributed by atoms with Crippen LogP contribution >= 0.6 is 0 Å². The molecule has 31 heavy (non-hydrogen) atoms. The van der Waals surface area contributed by atoms with E-state index in [1.807, 2.05) is 19.9 Å². The van der Waals surface area contributed by atoms with Crippen molar-refractivity contribution in [1.82, 2.24) is 15.2 Å². The van der Waals surface area contributed by atoms with Crippen LogP contribution in [0, 0.1) is 13.8 Å². The van der Waals surface area contributed by atoms with Gasteiger partial charge in [0.1, 0.15) is 10.6 Å². The minimum absolute atomic E-state index is 0.0103. The smallest absolute Gasteiger partial charge is 0.276 e. The van der Waals surface area contributed by atoms with E-state index in [1.54, 1.807) is 26.0 Å². The first-order valence-corrected chi connectivity index (χ1v) is 11.0. The molecule has 2 N–H and O–H groups in total. The van der Waals surface area contributed by atoms with Crippen molar-refractivity contribution in [2.45, 2.75) is 38.6 Å². The minimum Gasteiger partial charge on any atom is -0.484 e. The maximum atomic E-state index is 12.6. The van der Waals surface area contributed by atoms with Crippen molar-refractivity contribution in [3.63, 3.8) is 0 Å². The van der Waals surface area contributed by atoms with E-state index in [-0.39, 0.29) is 22.6 Å². The van der Waals surface area contributed by atoms with E-state index in [2.05, 4.69) is 10.9 Å². The monoisotopic (exact) mass is 445 g/mol. The Bertz CT molecular complexity index is 1170. The normalized spacial score (nSPS) is 14.4. The predicted octanol–water partition coefficient (Wildman–Crippen LogP) is 1.70. The molecule has 1 aliphatic heterocycles. The third-order valence-electron chi connectivity index (χ3n) is 4.84. The lowest BCUT2D eigenvalue weighted by Crippen LogP contribution is -2.43. The first-order chi connectivity index (χ1) is 14.5. The standard InChI is InChI=1S/C21H23N3O6S/c1-12(2)24-21(27)17-8-6-15(10-18(17)31(24,28)29)20(26)23-22-19(25)11-30-16-7-5-13(3)14(4)9-16/h5-10,12H,11H2,1-4H3,(H,22,25)(H,23,26). The summed E-state index contributed by atoms with van der Waals surface area (Å²) in [6.45, 7) is 6.74. The quantitative estimate of drug-likeness (QED) is 0.676. The van der Waals surface area contributed by atoms with Crippen LogP contribution in [-0.2, 0) is 14.8 Å². The molecule has 10 heteroatoms. The Morgan fingerprint density at radius 1 is 1.03 bits per heavy atom. The van der Waals surface area contributed by atoms with Crippen molar-refractivity contribution < 1.29 is 27.5 Å². The number of nitrogens with one attached hydrogen (secondary N) is 2. The number of amides is 3. The highest BCUT2D eigenvalue weighted by Gasteiger charge is 2.42. The molecule has 0 atom stereocenters. The highest BCUT2D eigenvalue weighted by Crippen LogP contribution is 2.32. The maximum absolute atomic E-state index is 12.6. The van der Waals surface area contributed by atoms with Crippen LogP contribution in [0.5, 0.6) is 5.75 Å². The van der Waals surface area contributed by atoms with Crippen LogP contribution in [0.2, 0.25) is 0 Å². The Balaban J connectivity index is 1.63. The summed E-state index contributed by atoms with van der Waals surface area (Å²) in [5.74, 6) is -1.43. The van der Waals surface area contributed by atoms with Crippen LogP contribution in [0.25, 0.3) is 0 Å². The lowest BCUT2D eigenvalue weighted by atomic mass is 10.1. The van der Waals surface area contributed by atoms with Crippen LogP contribution in [-0.4, -0.2) is 43.1 Å². The molecule has 0 aliphatic carbocycles.